The van der Waals surface area contributed by atoms with Crippen LogP contribution in [0.2, 0.25) is 0 Å². The van der Waals surface area contributed by atoms with Gasteiger partial charge in [-0.25, -0.2) is 4.98 Å². The van der Waals surface area contributed by atoms with Gasteiger partial charge in [0.15, 0.2) is 0 Å². The van der Waals surface area contributed by atoms with Crippen molar-refractivity contribution in [2.45, 2.75) is 20.8 Å². The first-order valence-corrected chi connectivity index (χ1v) is 11.7. The second-order valence-corrected chi connectivity index (χ2v) is 9.16. The summed E-state index contributed by atoms with van der Waals surface area (Å²) < 4.78 is 2.21. The Labute approximate surface area is 204 Å². The van der Waals surface area contributed by atoms with Crippen molar-refractivity contribution in [1.29, 1.82) is 0 Å². The van der Waals surface area contributed by atoms with E-state index < -0.39 is 0 Å². The fourth-order valence-electron chi connectivity index (χ4n) is 4.93. The molecule has 35 heavy (non-hydrogen) atoms. The van der Waals surface area contributed by atoms with Crippen LogP contribution in [0.25, 0.3) is 50.1 Å². The van der Waals surface area contributed by atoms with Crippen LogP contribution in [0, 0.1) is 20.8 Å². The standard InChI is InChI=1S/C31H25N3O/c1-19-10-13-28-24(16-19)23-12-11-22(26-7-4-5-14-32-26)18-29(23)34(28)30-9-6-8-27(33-30)25-17-20(2)15-21(3)31(25)35/h4-18,35H,1-3H3. The van der Waals surface area contributed by atoms with Crippen molar-refractivity contribution in [2.75, 3.05) is 0 Å². The van der Waals surface area contributed by atoms with E-state index in [1.807, 2.05) is 68.6 Å². The molecule has 4 heteroatoms. The molecule has 6 aromatic rings. The molecular formula is C31H25N3O. The third-order valence-electron chi connectivity index (χ3n) is 6.57. The molecule has 3 aromatic heterocycles. The van der Waals surface area contributed by atoms with Crippen LogP contribution in [0.1, 0.15) is 16.7 Å². The predicted octanol–water partition coefficient (Wildman–Crippen LogP) is 7.54. The number of fused-ring (bicyclic) bond motifs is 3. The van der Waals surface area contributed by atoms with E-state index in [0.29, 0.717) is 0 Å². The highest BCUT2D eigenvalue weighted by atomic mass is 16.3. The third-order valence-corrected chi connectivity index (χ3v) is 6.57. The Bertz CT molecular complexity index is 1730. The average molecular weight is 456 g/mol. The van der Waals surface area contributed by atoms with Crippen molar-refractivity contribution in [2.24, 2.45) is 0 Å². The summed E-state index contributed by atoms with van der Waals surface area (Å²) in [6.07, 6.45) is 1.82. The Morgan fingerprint density at radius 1 is 0.686 bits per heavy atom. The molecule has 0 saturated carbocycles. The van der Waals surface area contributed by atoms with Crippen LogP contribution in [0.3, 0.4) is 0 Å². The van der Waals surface area contributed by atoms with E-state index in [2.05, 4.69) is 52.9 Å². The third kappa shape index (κ3) is 3.55. The average Bonchev–Trinajstić information content (AvgIpc) is 3.19. The lowest BCUT2D eigenvalue weighted by Gasteiger charge is -2.12. The fourth-order valence-corrected chi connectivity index (χ4v) is 4.93. The molecule has 0 aliphatic rings. The monoisotopic (exact) mass is 455 g/mol. The molecule has 0 aliphatic heterocycles. The second-order valence-electron chi connectivity index (χ2n) is 9.16. The zero-order valence-corrected chi connectivity index (χ0v) is 19.9. The maximum absolute atomic E-state index is 10.8. The summed E-state index contributed by atoms with van der Waals surface area (Å²) in [5.41, 5.74) is 8.80. The van der Waals surface area contributed by atoms with Gasteiger partial charge in [-0.2, -0.15) is 0 Å². The molecule has 0 saturated heterocycles. The minimum atomic E-state index is 0.274. The van der Waals surface area contributed by atoms with E-state index >= 15 is 0 Å². The number of aromatic nitrogens is 3. The van der Waals surface area contributed by atoms with Gasteiger partial charge in [-0.05, 0) is 80.4 Å². The number of aromatic hydroxyl groups is 1. The summed E-state index contributed by atoms with van der Waals surface area (Å²) in [5, 5.41) is 13.1. The molecule has 4 nitrogen and oxygen atoms in total. The number of rotatable bonds is 3. The number of phenolic OH excluding ortho intramolecular Hbond substituents is 1. The number of benzene rings is 3. The van der Waals surface area contributed by atoms with Crippen LogP contribution in [-0.2, 0) is 0 Å². The normalized spacial score (nSPS) is 11.4. The Morgan fingerprint density at radius 2 is 1.54 bits per heavy atom. The number of hydrogen-bond acceptors (Lipinski definition) is 3. The van der Waals surface area contributed by atoms with Gasteiger partial charge in [0, 0.05) is 28.1 Å². The van der Waals surface area contributed by atoms with Gasteiger partial charge in [0.25, 0.3) is 0 Å². The minimum Gasteiger partial charge on any atom is -0.507 e. The van der Waals surface area contributed by atoms with Crippen molar-refractivity contribution in [3.63, 3.8) is 0 Å². The molecule has 0 unspecified atom stereocenters. The zero-order valence-electron chi connectivity index (χ0n) is 19.9. The Balaban J connectivity index is 1.63. The summed E-state index contributed by atoms with van der Waals surface area (Å²) in [4.78, 5) is 9.59. The summed E-state index contributed by atoms with van der Waals surface area (Å²) in [5.74, 6) is 1.08. The van der Waals surface area contributed by atoms with Gasteiger partial charge in [-0.1, -0.05) is 42.0 Å². The van der Waals surface area contributed by atoms with Crippen molar-refractivity contribution in [1.82, 2.24) is 14.5 Å². The minimum absolute atomic E-state index is 0.274. The topological polar surface area (TPSA) is 50.9 Å². The van der Waals surface area contributed by atoms with Gasteiger partial charge < -0.3 is 5.11 Å². The molecule has 3 aromatic carbocycles. The van der Waals surface area contributed by atoms with Gasteiger partial charge >= 0.3 is 0 Å². The Hall–Kier alpha value is -4.44. The van der Waals surface area contributed by atoms with E-state index in [9.17, 15) is 5.11 Å². The quantitative estimate of drug-likeness (QED) is 0.300. The molecule has 0 amide bonds. The van der Waals surface area contributed by atoms with Gasteiger partial charge in [0.2, 0.25) is 0 Å². The van der Waals surface area contributed by atoms with E-state index in [1.165, 1.54) is 16.3 Å². The Morgan fingerprint density at radius 3 is 2.37 bits per heavy atom. The summed E-state index contributed by atoms with van der Waals surface area (Å²) >= 11 is 0. The molecule has 0 spiro atoms. The molecular weight excluding hydrogens is 430 g/mol. The first-order valence-electron chi connectivity index (χ1n) is 11.7. The lowest BCUT2D eigenvalue weighted by atomic mass is 10.0. The highest BCUT2D eigenvalue weighted by Crippen LogP contribution is 2.36. The van der Waals surface area contributed by atoms with E-state index in [-0.39, 0.29) is 5.75 Å². The lowest BCUT2D eigenvalue weighted by molar-refractivity contribution is 0.473. The van der Waals surface area contributed by atoms with Crippen LogP contribution in [0.4, 0.5) is 0 Å². The number of aryl methyl sites for hydroxylation is 3. The molecule has 0 radical (unpaired) electrons. The van der Waals surface area contributed by atoms with E-state index in [0.717, 1.165) is 50.5 Å². The number of pyridine rings is 2. The first kappa shape index (κ1) is 21.1. The maximum atomic E-state index is 10.8. The van der Waals surface area contributed by atoms with Gasteiger partial charge in [0.05, 0.1) is 22.4 Å². The van der Waals surface area contributed by atoms with Crippen LogP contribution in [0.5, 0.6) is 5.75 Å². The summed E-state index contributed by atoms with van der Waals surface area (Å²) in [6, 6.07) is 28.9. The van der Waals surface area contributed by atoms with E-state index in [1.54, 1.807) is 0 Å². The molecule has 3 heterocycles. The zero-order chi connectivity index (χ0) is 24.1. The number of phenols is 1. The molecule has 0 aliphatic carbocycles. The first-order chi connectivity index (χ1) is 17.0. The van der Waals surface area contributed by atoms with Crippen molar-refractivity contribution in [3.05, 3.63) is 108 Å². The van der Waals surface area contributed by atoms with Gasteiger partial charge in [0.1, 0.15) is 11.6 Å². The summed E-state index contributed by atoms with van der Waals surface area (Å²) in [6.45, 7) is 6.07. The van der Waals surface area contributed by atoms with Crippen molar-refractivity contribution in [3.8, 4) is 34.1 Å². The lowest BCUT2D eigenvalue weighted by Crippen LogP contribution is -1.99. The predicted molar refractivity (Wildman–Crippen MR) is 143 cm³/mol. The molecule has 0 bridgehead atoms. The van der Waals surface area contributed by atoms with Gasteiger partial charge in [-0.15, -0.1) is 0 Å². The van der Waals surface area contributed by atoms with E-state index in [4.69, 9.17) is 4.98 Å². The Kier molecular flexibility index (Phi) is 4.89. The molecule has 6 rings (SSSR count). The van der Waals surface area contributed by atoms with Crippen LogP contribution in [0.15, 0.2) is 91.1 Å². The maximum Gasteiger partial charge on any atom is 0.138 e. The molecule has 1 N–H and O–H groups in total. The number of nitrogens with zero attached hydrogens (tertiary/aromatic N) is 3. The fraction of sp³-hybridized carbons (Fsp3) is 0.0968. The SMILES string of the molecule is Cc1cc(C)c(O)c(-c2cccc(-n3c4ccc(C)cc4c4ccc(-c5ccccn5)cc43)n2)c1. The van der Waals surface area contributed by atoms with Crippen LogP contribution < -0.4 is 0 Å². The van der Waals surface area contributed by atoms with Crippen LogP contribution in [-0.4, -0.2) is 19.6 Å². The highest BCUT2D eigenvalue weighted by Gasteiger charge is 2.16. The largest absolute Gasteiger partial charge is 0.507 e. The van der Waals surface area contributed by atoms with Crippen LogP contribution >= 0.6 is 0 Å². The summed E-state index contributed by atoms with van der Waals surface area (Å²) in [7, 11) is 0. The van der Waals surface area contributed by atoms with Crippen molar-refractivity contribution >= 4 is 21.8 Å². The number of hydrogen-bond donors (Lipinski definition) is 1. The van der Waals surface area contributed by atoms with Gasteiger partial charge in [-0.3, -0.25) is 9.55 Å². The molecule has 0 atom stereocenters. The highest BCUT2D eigenvalue weighted by molar-refractivity contribution is 6.10. The molecule has 0 fully saturated rings. The molecule has 170 valence electrons. The van der Waals surface area contributed by atoms with Crippen molar-refractivity contribution < 1.29 is 5.11 Å². The second kappa shape index (κ2) is 8.10. The smallest absolute Gasteiger partial charge is 0.138 e.